The zero-order valence-electron chi connectivity index (χ0n) is 35.2. The van der Waals surface area contributed by atoms with Gasteiger partial charge in [0.25, 0.3) is 11.8 Å². The highest BCUT2D eigenvalue weighted by molar-refractivity contribution is 7.81. The molecule has 5 aromatic rings. The Morgan fingerprint density at radius 3 is 2.08 bits per heavy atom. The Labute approximate surface area is 366 Å². The van der Waals surface area contributed by atoms with Crippen molar-refractivity contribution < 1.29 is 33.3 Å². The fourth-order valence-electron chi connectivity index (χ4n) is 8.83. The van der Waals surface area contributed by atoms with Gasteiger partial charge in [0.1, 0.15) is 13.2 Å². The first-order valence-corrected chi connectivity index (χ1v) is 21.4. The average Bonchev–Trinajstić information content (AvgIpc) is 3.75. The minimum Gasteiger partial charge on any atom is -0.493 e. The molecule has 0 aromatic heterocycles. The number of nitrogens with zero attached hydrogens (tertiary/aromatic N) is 3. The summed E-state index contributed by atoms with van der Waals surface area (Å²) in [4.78, 5) is 49.6. The van der Waals surface area contributed by atoms with Gasteiger partial charge in [0.15, 0.2) is 23.0 Å². The number of carbonyl (C=O) groups excluding carboxylic acids is 3. The molecule has 0 spiro atoms. The molecule has 3 amide bonds. The van der Waals surface area contributed by atoms with Gasteiger partial charge in [-0.15, -0.1) is 0 Å². The van der Waals surface area contributed by atoms with Gasteiger partial charge in [-0.2, -0.15) is 12.6 Å². The Hall–Kier alpha value is -6.47. The molecular weight excluding hydrogens is 803 g/mol. The van der Waals surface area contributed by atoms with Crippen molar-refractivity contribution in [1.29, 1.82) is 0 Å². The summed E-state index contributed by atoms with van der Waals surface area (Å²) in [6.45, 7) is 4.87. The van der Waals surface area contributed by atoms with E-state index < -0.39 is 0 Å². The third kappa shape index (κ3) is 8.16. The van der Waals surface area contributed by atoms with Crippen LogP contribution in [-0.4, -0.2) is 61.5 Å². The number of fused-ring (bicyclic) bond motifs is 8. The van der Waals surface area contributed by atoms with Crippen LogP contribution >= 0.6 is 12.6 Å². The SMILES string of the molecule is COc1cc2c(cc1OCc1cc(COc3cc4c(cc3OC)C(=O)N3c5ccccc5C[C@H]3CN4)cc(NC(=O)CCCC(C)(C)S)c1)N=C[C@@H]1Cc3ccccc3N1C2=O. The topological polar surface area (TPSA) is 131 Å². The smallest absolute Gasteiger partial charge is 0.261 e. The van der Waals surface area contributed by atoms with Crippen molar-refractivity contribution in [2.24, 2.45) is 4.99 Å². The zero-order chi connectivity index (χ0) is 43.1. The monoisotopic (exact) mass is 851 g/mol. The number of para-hydroxylation sites is 2. The molecule has 0 radical (unpaired) electrons. The number of carbonyl (C=O) groups is 3. The molecule has 4 aliphatic rings. The second kappa shape index (κ2) is 16.8. The number of nitrogens with one attached hydrogen (secondary N) is 2. The Balaban J connectivity index is 0.963. The highest BCUT2D eigenvalue weighted by Crippen LogP contribution is 2.43. The van der Waals surface area contributed by atoms with Crippen molar-refractivity contribution in [3.05, 3.63) is 124 Å². The summed E-state index contributed by atoms with van der Waals surface area (Å²) >= 11 is 4.62. The summed E-state index contributed by atoms with van der Waals surface area (Å²) < 4.78 is 24.2. The lowest BCUT2D eigenvalue weighted by Crippen LogP contribution is -2.39. The predicted molar refractivity (Wildman–Crippen MR) is 245 cm³/mol. The zero-order valence-corrected chi connectivity index (χ0v) is 36.1. The molecule has 62 heavy (non-hydrogen) atoms. The standard InChI is InChI=1S/C49H49N5O7S/c1-49(2,62)15-9-14-46(55)52-33-17-29(27-60-44-23-38-36(21-42(44)58-3)47(56)53-34(25-50-38)19-31-10-5-7-12-40(31)53)16-30(18-33)28-61-45-24-39-37(22-43(45)59-4)48(57)54-35(26-51-39)20-32-11-6-8-13-41(32)54/h5-8,10-13,16-18,21-25,34-35,51,62H,9,14-15,19-20,26-28H2,1-4H3,(H,52,55)/t34-,35-/m0/s1. The molecule has 9 rings (SSSR count). The van der Waals surface area contributed by atoms with Crippen LogP contribution in [0.25, 0.3) is 0 Å². The van der Waals surface area contributed by atoms with Crippen molar-refractivity contribution in [2.75, 3.05) is 41.2 Å². The Kier molecular flexibility index (Phi) is 11.1. The molecule has 4 heterocycles. The van der Waals surface area contributed by atoms with E-state index in [0.29, 0.717) is 77.0 Å². The van der Waals surface area contributed by atoms with E-state index in [1.54, 1.807) is 30.2 Å². The first kappa shape index (κ1) is 40.9. The molecular formula is C49H49N5O7S. The van der Waals surface area contributed by atoms with E-state index >= 15 is 0 Å². The number of hydrogen-bond acceptors (Lipinski definition) is 10. The third-order valence-electron chi connectivity index (χ3n) is 11.8. The number of thiol groups is 1. The van der Waals surface area contributed by atoms with Crippen LogP contribution in [-0.2, 0) is 30.8 Å². The highest BCUT2D eigenvalue weighted by Gasteiger charge is 2.38. The van der Waals surface area contributed by atoms with Crippen LogP contribution in [0.5, 0.6) is 23.0 Å². The van der Waals surface area contributed by atoms with Crippen LogP contribution in [0, 0.1) is 0 Å². The van der Waals surface area contributed by atoms with Crippen molar-refractivity contribution >= 4 is 65.0 Å². The van der Waals surface area contributed by atoms with Gasteiger partial charge in [0, 0.05) is 59.5 Å². The van der Waals surface area contributed by atoms with Gasteiger partial charge in [-0.25, -0.2) is 0 Å². The van der Waals surface area contributed by atoms with Crippen LogP contribution in [0.2, 0.25) is 0 Å². The maximum absolute atomic E-state index is 14.0. The van der Waals surface area contributed by atoms with Crippen molar-refractivity contribution in [1.82, 2.24) is 0 Å². The van der Waals surface area contributed by atoms with E-state index in [4.69, 9.17) is 23.9 Å². The number of aliphatic imine (C=N–C) groups is 1. The first-order chi connectivity index (χ1) is 30.0. The number of amides is 3. The summed E-state index contributed by atoms with van der Waals surface area (Å²) in [5.74, 6) is 1.34. The average molecular weight is 852 g/mol. The van der Waals surface area contributed by atoms with Gasteiger partial charge in [0.2, 0.25) is 5.91 Å². The number of benzene rings is 5. The lowest BCUT2D eigenvalue weighted by atomic mass is 10.1. The maximum atomic E-state index is 14.0. The maximum Gasteiger partial charge on any atom is 0.261 e. The summed E-state index contributed by atoms with van der Waals surface area (Å²) in [5, 5.41) is 6.56. The van der Waals surface area contributed by atoms with Gasteiger partial charge in [0.05, 0.1) is 48.8 Å². The summed E-state index contributed by atoms with van der Waals surface area (Å²) in [5.41, 5.74) is 8.29. The molecule has 318 valence electrons. The normalized spacial score (nSPS) is 17.0. The molecule has 5 aromatic carbocycles. The van der Waals surface area contributed by atoms with Crippen LogP contribution in [0.3, 0.4) is 0 Å². The first-order valence-electron chi connectivity index (χ1n) is 20.9. The van der Waals surface area contributed by atoms with E-state index in [0.717, 1.165) is 46.5 Å². The van der Waals surface area contributed by atoms with E-state index in [1.807, 2.05) is 91.7 Å². The van der Waals surface area contributed by atoms with Gasteiger partial charge >= 0.3 is 0 Å². The van der Waals surface area contributed by atoms with Crippen LogP contribution in [0.15, 0.2) is 96.0 Å². The molecule has 0 fully saturated rings. The highest BCUT2D eigenvalue weighted by atomic mass is 32.1. The lowest BCUT2D eigenvalue weighted by Gasteiger charge is -2.22. The number of rotatable bonds is 13. The second-order valence-electron chi connectivity index (χ2n) is 16.8. The third-order valence-corrected chi connectivity index (χ3v) is 12.0. The van der Waals surface area contributed by atoms with Crippen molar-refractivity contribution in [3.8, 4) is 23.0 Å². The van der Waals surface area contributed by atoms with Gasteiger partial charge in [-0.3, -0.25) is 24.3 Å². The molecule has 0 bridgehead atoms. The van der Waals surface area contributed by atoms with Crippen LogP contribution in [0.4, 0.5) is 28.4 Å². The number of ether oxygens (including phenoxy) is 4. The van der Waals surface area contributed by atoms with Gasteiger partial charge in [-0.05, 0) is 84.0 Å². The van der Waals surface area contributed by atoms with Crippen LogP contribution < -0.4 is 39.4 Å². The molecule has 0 saturated carbocycles. The molecule has 0 aliphatic carbocycles. The molecule has 13 heteroatoms. The van der Waals surface area contributed by atoms with Crippen molar-refractivity contribution in [2.45, 2.75) is 76.0 Å². The fourth-order valence-corrected chi connectivity index (χ4v) is 8.99. The molecule has 2 atom stereocenters. The van der Waals surface area contributed by atoms with E-state index in [1.165, 1.54) is 7.11 Å². The Bertz CT molecular complexity index is 2620. The number of anilines is 4. The van der Waals surface area contributed by atoms with E-state index in [9.17, 15) is 14.4 Å². The molecule has 12 nitrogen and oxygen atoms in total. The Morgan fingerprint density at radius 2 is 1.40 bits per heavy atom. The lowest BCUT2D eigenvalue weighted by molar-refractivity contribution is -0.116. The quantitative estimate of drug-likeness (QED) is 0.100. The van der Waals surface area contributed by atoms with Crippen molar-refractivity contribution in [3.63, 3.8) is 0 Å². The minimum atomic E-state index is -0.189. The minimum absolute atomic E-state index is 0.0116. The molecule has 0 saturated heterocycles. The fraction of sp³-hybridized carbons (Fsp3) is 0.306. The number of hydrogen-bond donors (Lipinski definition) is 3. The largest absolute Gasteiger partial charge is 0.493 e. The number of methoxy groups -OCH3 is 2. The second-order valence-corrected chi connectivity index (χ2v) is 18.0. The van der Waals surface area contributed by atoms with Gasteiger partial charge < -0.3 is 34.5 Å². The molecule has 4 aliphatic heterocycles. The molecule has 2 N–H and O–H groups in total. The summed E-state index contributed by atoms with van der Waals surface area (Å²) in [6.07, 6.45) is 5.11. The van der Waals surface area contributed by atoms with Crippen LogP contribution in [0.1, 0.15) is 76.1 Å². The van der Waals surface area contributed by atoms with E-state index in [2.05, 4.69) is 29.3 Å². The Morgan fingerprint density at radius 1 is 0.790 bits per heavy atom. The predicted octanol–water partition coefficient (Wildman–Crippen LogP) is 8.96. The summed E-state index contributed by atoms with van der Waals surface area (Å²) in [7, 11) is 3.09. The molecule has 0 unspecified atom stereocenters. The summed E-state index contributed by atoms with van der Waals surface area (Å²) in [6, 6.07) is 28.4. The van der Waals surface area contributed by atoms with Gasteiger partial charge in [-0.1, -0.05) is 50.2 Å². The van der Waals surface area contributed by atoms with E-state index in [-0.39, 0.29) is 47.8 Å².